The lowest BCUT2D eigenvalue weighted by molar-refractivity contribution is -0.117. The van der Waals surface area contributed by atoms with Crippen molar-refractivity contribution in [2.75, 3.05) is 10.6 Å². The standard InChI is InChI=1S/C16H16BrN3O3/c1-10-7-14(17)16(23)20(8-10)9-15(22)19-13-5-3-12(4-6-13)18-11(2)21/h3-8H,9H2,1-2H3,(H,18,21)(H,19,22). The molecule has 0 saturated carbocycles. The fraction of sp³-hybridized carbons (Fsp3) is 0.188. The summed E-state index contributed by atoms with van der Waals surface area (Å²) in [6.07, 6.45) is 1.63. The Morgan fingerprint density at radius 3 is 2.26 bits per heavy atom. The number of amides is 2. The van der Waals surface area contributed by atoms with Crippen LogP contribution in [-0.2, 0) is 16.1 Å². The van der Waals surface area contributed by atoms with E-state index in [-0.39, 0.29) is 23.9 Å². The average Bonchev–Trinajstić information content (AvgIpc) is 2.45. The maximum Gasteiger partial charge on any atom is 0.265 e. The van der Waals surface area contributed by atoms with Crippen molar-refractivity contribution >= 4 is 39.1 Å². The Morgan fingerprint density at radius 2 is 1.70 bits per heavy atom. The van der Waals surface area contributed by atoms with E-state index in [1.807, 2.05) is 6.92 Å². The Balaban J connectivity index is 2.05. The highest BCUT2D eigenvalue weighted by atomic mass is 79.9. The van der Waals surface area contributed by atoms with Crippen LogP contribution in [0.5, 0.6) is 0 Å². The largest absolute Gasteiger partial charge is 0.326 e. The SMILES string of the molecule is CC(=O)Nc1ccc(NC(=O)Cn2cc(C)cc(Br)c2=O)cc1. The number of anilines is 2. The van der Waals surface area contributed by atoms with E-state index in [2.05, 4.69) is 26.6 Å². The van der Waals surface area contributed by atoms with Crippen LogP contribution in [0.1, 0.15) is 12.5 Å². The lowest BCUT2D eigenvalue weighted by atomic mass is 10.2. The number of carbonyl (C=O) groups excluding carboxylic acids is 2. The molecule has 1 aromatic carbocycles. The van der Waals surface area contributed by atoms with Crippen molar-refractivity contribution in [2.45, 2.75) is 20.4 Å². The highest BCUT2D eigenvalue weighted by Gasteiger charge is 2.08. The van der Waals surface area contributed by atoms with Crippen LogP contribution in [0.25, 0.3) is 0 Å². The topological polar surface area (TPSA) is 80.2 Å². The van der Waals surface area contributed by atoms with Gasteiger partial charge in [-0.15, -0.1) is 0 Å². The molecule has 0 radical (unpaired) electrons. The number of halogens is 1. The normalized spacial score (nSPS) is 10.2. The lowest BCUT2D eigenvalue weighted by Gasteiger charge is -2.09. The van der Waals surface area contributed by atoms with Crippen molar-refractivity contribution < 1.29 is 9.59 Å². The van der Waals surface area contributed by atoms with Crippen LogP contribution in [0.15, 0.2) is 45.8 Å². The van der Waals surface area contributed by atoms with Crippen molar-refractivity contribution in [2.24, 2.45) is 0 Å². The van der Waals surface area contributed by atoms with Gasteiger partial charge in [0.15, 0.2) is 0 Å². The zero-order chi connectivity index (χ0) is 17.0. The van der Waals surface area contributed by atoms with Gasteiger partial charge >= 0.3 is 0 Å². The van der Waals surface area contributed by atoms with Gasteiger partial charge in [0, 0.05) is 24.5 Å². The third kappa shape index (κ3) is 4.79. The Morgan fingerprint density at radius 1 is 1.13 bits per heavy atom. The monoisotopic (exact) mass is 377 g/mol. The second kappa shape index (κ2) is 7.23. The molecular weight excluding hydrogens is 362 g/mol. The van der Waals surface area contributed by atoms with Crippen LogP contribution in [0.4, 0.5) is 11.4 Å². The average molecular weight is 378 g/mol. The number of hydrogen-bond donors (Lipinski definition) is 2. The van der Waals surface area contributed by atoms with Crippen LogP contribution in [0.3, 0.4) is 0 Å². The fourth-order valence-electron chi connectivity index (χ4n) is 2.05. The van der Waals surface area contributed by atoms with Gasteiger partial charge in [0.25, 0.3) is 5.56 Å². The number of hydrogen-bond acceptors (Lipinski definition) is 3. The zero-order valence-corrected chi connectivity index (χ0v) is 14.3. The van der Waals surface area contributed by atoms with E-state index >= 15 is 0 Å². The minimum Gasteiger partial charge on any atom is -0.326 e. The van der Waals surface area contributed by atoms with Crippen LogP contribution < -0.4 is 16.2 Å². The second-order valence-electron chi connectivity index (χ2n) is 5.11. The number of nitrogens with one attached hydrogen (secondary N) is 2. The summed E-state index contributed by atoms with van der Waals surface area (Å²) in [5.74, 6) is -0.469. The number of benzene rings is 1. The molecule has 0 fully saturated rings. The molecule has 1 aromatic heterocycles. The molecular formula is C16H16BrN3O3. The summed E-state index contributed by atoms with van der Waals surface area (Å²) in [6.45, 7) is 3.19. The summed E-state index contributed by atoms with van der Waals surface area (Å²) in [5.41, 5.74) is 1.86. The van der Waals surface area contributed by atoms with E-state index in [1.54, 1.807) is 36.5 Å². The summed E-state index contributed by atoms with van der Waals surface area (Å²) in [4.78, 5) is 35.0. The first-order valence-electron chi connectivity index (χ1n) is 6.89. The summed E-state index contributed by atoms with van der Waals surface area (Å²) in [5, 5.41) is 5.35. The van der Waals surface area contributed by atoms with Gasteiger partial charge in [-0.05, 0) is 58.7 Å². The molecule has 7 heteroatoms. The quantitative estimate of drug-likeness (QED) is 0.858. The molecule has 2 N–H and O–H groups in total. The highest BCUT2D eigenvalue weighted by molar-refractivity contribution is 9.10. The van der Waals surface area contributed by atoms with Crippen LogP contribution in [0, 0.1) is 6.92 Å². The lowest BCUT2D eigenvalue weighted by Crippen LogP contribution is -2.27. The molecule has 0 bridgehead atoms. The van der Waals surface area contributed by atoms with Gasteiger partial charge < -0.3 is 15.2 Å². The third-order valence-electron chi connectivity index (χ3n) is 2.98. The predicted molar refractivity (Wildman–Crippen MR) is 92.5 cm³/mol. The third-order valence-corrected chi connectivity index (χ3v) is 3.55. The van der Waals surface area contributed by atoms with Crippen molar-refractivity contribution in [1.29, 1.82) is 0 Å². The van der Waals surface area contributed by atoms with Gasteiger partial charge in [0.05, 0.1) is 4.47 Å². The molecule has 0 aliphatic carbocycles. The van der Waals surface area contributed by atoms with Gasteiger partial charge in [-0.2, -0.15) is 0 Å². The number of rotatable bonds is 4. The Bertz CT molecular complexity index is 797. The summed E-state index contributed by atoms with van der Waals surface area (Å²) < 4.78 is 1.77. The summed E-state index contributed by atoms with van der Waals surface area (Å²) in [6, 6.07) is 8.44. The van der Waals surface area contributed by atoms with Gasteiger partial charge in [0.2, 0.25) is 11.8 Å². The maximum atomic E-state index is 12.1. The molecule has 2 aromatic rings. The van der Waals surface area contributed by atoms with Crippen LogP contribution in [-0.4, -0.2) is 16.4 Å². The second-order valence-corrected chi connectivity index (χ2v) is 5.96. The summed E-state index contributed by atoms with van der Waals surface area (Å²) >= 11 is 3.18. The molecule has 6 nitrogen and oxygen atoms in total. The highest BCUT2D eigenvalue weighted by Crippen LogP contribution is 2.13. The van der Waals surface area contributed by atoms with Gasteiger partial charge in [-0.25, -0.2) is 0 Å². The first-order chi connectivity index (χ1) is 10.8. The van der Waals surface area contributed by atoms with Crippen LogP contribution >= 0.6 is 15.9 Å². The molecule has 2 amide bonds. The number of carbonyl (C=O) groups is 2. The van der Waals surface area contributed by atoms with E-state index in [0.29, 0.717) is 15.8 Å². The van der Waals surface area contributed by atoms with Crippen molar-refractivity contribution in [1.82, 2.24) is 4.57 Å². The first kappa shape index (κ1) is 17.0. The Kier molecular flexibility index (Phi) is 5.33. The zero-order valence-electron chi connectivity index (χ0n) is 12.7. The van der Waals surface area contributed by atoms with E-state index in [9.17, 15) is 14.4 Å². The molecule has 1 heterocycles. The predicted octanol–water partition coefficient (Wildman–Crippen LogP) is 2.52. The van der Waals surface area contributed by atoms with Crippen LogP contribution in [0.2, 0.25) is 0 Å². The van der Waals surface area contributed by atoms with Gasteiger partial charge in [0.1, 0.15) is 6.54 Å². The smallest absolute Gasteiger partial charge is 0.265 e. The fourth-order valence-corrected chi connectivity index (χ4v) is 2.64. The molecule has 23 heavy (non-hydrogen) atoms. The first-order valence-corrected chi connectivity index (χ1v) is 7.68. The molecule has 0 aliphatic rings. The number of pyridine rings is 1. The van der Waals surface area contributed by atoms with Crippen molar-refractivity contribution in [3.05, 3.63) is 56.9 Å². The minimum atomic E-state index is -0.308. The van der Waals surface area contributed by atoms with Crippen molar-refractivity contribution in [3.63, 3.8) is 0 Å². The summed E-state index contributed by atoms with van der Waals surface area (Å²) in [7, 11) is 0. The van der Waals surface area contributed by atoms with E-state index in [4.69, 9.17) is 0 Å². The molecule has 0 atom stereocenters. The molecule has 0 unspecified atom stereocenters. The number of nitrogens with zero attached hydrogens (tertiary/aromatic N) is 1. The van der Waals surface area contributed by atoms with E-state index in [1.165, 1.54) is 11.5 Å². The Hall–Kier alpha value is -2.41. The van der Waals surface area contributed by atoms with Gasteiger partial charge in [-0.3, -0.25) is 14.4 Å². The molecule has 0 aliphatic heterocycles. The molecule has 2 rings (SSSR count). The number of aryl methyl sites for hydroxylation is 1. The van der Waals surface area contributed by atoms with E-state index < -0.39 is 0 Å². The minimum absolute atomic E-state index is 0.0768. The molecule has 0 saturated heterocycles. The number of aromatic nitrogens is 1. The van der Waals surface area contributed by atoms with Crippen molar-refractivity contribution in [3.8, 4) is 0 Å². The van der Waals surface area contributed by atoms with Gasteiger partial charge in [-0.1, -0.05) is 0 Å². The maximum absolute atomic E-state index is 12.1. The molecule has 0 spiro atoms. The Labute approximate surface area is 141 Å². The molecule has 120 valence electrons. The van der Waals surface area contributed by atoms with E-state index in [0.717, 1.165) is 5.56 Å².